The number of nitrogens with zero attached hydrogens (tertiary/aromatic N) is 1. The van der Waals surface area contributed by atoms with Crippen LogP contribution in [-0.4, -0.2) is 22.0 Å². The summed E-state index contributed by atoms with van der Waals surface area (Å²) < 4.78 is 0. The maximum absolute atomic E-state index is 11.1. The Labute approximate surface area is 118 Å². The van der Waals surface area contributed by atoms with Crippen LogP contribution in [0.5, 0.6) is 0 Å². The van der Waals surface area contributed by atoms with E-state index >= 15 is 0 Å². The lowest BCUT2D eigenvalue weighted by Gasteiger charge is -2.23. The van der Waals surface area contributed by atoms with Gasteiger partial charge < -0.3 is 10.4 Å². The number of carboxylic acid groups (broad SMARTS) is 1. The van der Waals surface area contributed by atoms with Crippen molar-refractivity contribution in [3.05, 3.63) is 33.9 Å². The predicted molar refractivity (Wildman–Crippen MR) is 77.2 cm³/mol. The van der Waals surface area contributed by atoms with E-state index in [0.29, 0.717) is 11.6 Å². The first kappa shape index (κ1) is 15.9. The Morgan fingerprint density at radius 3 is 2.45 bits per heavy atom. The minimum atomic E-state index is -1.17. The number of hydrogen-bond donors (Lipinski definition) is 2. The molecular formula is C14H20N2O4. The van der Waals surface area contributed by atoms with Gasteiger partial charge in [-0.05, 0) is 25.0 Å². The van der Waals surface area contributed by atoms with Crippen molar-refractivity contribution in [3.8, 4) is 0 Å². The van der Waals surface area contributed by atoms with Gasteiger partial charge in [-0.25, -0.2) is 4.79 Å². The zero-order valence-corrected chi connectivity index (χ0v) is 11.9. The summed E-state index contributed by atoms with van der Waals surface area (Å²) in [5.41, 5.74) is 0.0690. The number of hydrogen-bond acceptors (Lipinski definition) is 4. The van der Waals surface area contributed by atoms with Crippen LogP contribution >= 0.6 is 0 Å². The van der Waals surface area contributed by atoms with Gasteiger partial charge in [0.05, 0.1) is 10.5 Å². The highest BCUT2D eigenvalue weighted by molar-refractivity contribution is 5.89. The van der Waals surface area contributed by atoms with E-state index in [1.807, 2.05) is 6.92 Å². The fraction of sp³-hybridized carbons (Fsp3) is 0.500. The molecule has 0 amide bonds. The first-order valence-electron chi connectivity index (χ1n) is 6.68. The van der Waals surface area contributed by atoms with Gasteiger partial charge in [-0.15, -0.1) is 0 Å². The molecule has 1 aromatic rings. The molecule has 2 N–H and O–H groups in total. The molecule has 1 atom stereocenters. The van der Waals surface area contributed by atoms with Gasteiger partial charge >= 0.3 is 5.97 Å². The third-order valence-electron chi connectivity index (χ3n) is 3.58. The Morgan fingerprint density at radius 2 is 2.00 bits per heavy atom. The molecule has 0 bridgehead atoms. The van der Waals surface area contributed by atoms with Crippen molar-refractivity contribution < 1.29 is 14.8 Å². The molecule has 1 unspecified atom stereocenters. The van der Waals surface area contributed by atoms with Crippen LogP contribution < -0.4 is 5.32 Å². The van der Waals surface area contributed by atoms with Crippen molar-refractivity contribution in [2.75, 3.05) is 5.32 Å². The highest BCUT2D eigenvalue weighted by atomic mass is 16.6. The molecule has 0 aliphatic heterocycles. The monoisotopic (exact) mass is 280 g/mol. The number of benzene rings is 1. The Kier molecular flexibility index (Phi) is 5.49. The third kappa shape index (κ3) is 3.69. The Balaban J connectivity index is 3.06. The zero-order chi connectivity index (χ0) is 15.3. The number of aromatic carboxylic acids is 1. The van der Waals surface area contributed by atoms with Crippen LogP contribution in [0, 0.1) is 16.0 Å². The maximum atomic E-state index is 11.1. The summed E-state index contributed by atoms with van der Waals surface area (Å²) in [6.45, 7) is 6.13. The van der Waals surface area contributed by atoms with Crippen LogP contribution in [0.15, 0.2) is 18.2 Å². The molecule has 0 radical (unpaired) electrons. The molecule has 110 valence electrons. The number of nitro benzene ring substituents is 1. The minimum absolute atomic E-state index is 0.0828. The van der Waals surface area contributed by atoms with Crippen molar-refractivity contribution in [2.45, 2.75) is 39.7 Å². The number of nitrogens with one attached hydrogen (secondary N) is 1. The van der Waals surface area contributed by atoms with E-state index in [0.717, 1.165) is 18.9 Å². The standard InChI is InChI=1S/C14H20N2O4/c1-4-10(5-2)9(3)15-12-7-6-11(14(17)18)8-13(12)16(19)20/h6-10,15H,4-5H2,1-3H3,(H,17,18). The fourth-order valence-corrected chi connectivity index (χ4v) is 2.30. The van der Waals surface area contributed by atoms with Gasteiger partial charge in [0.1, 0.15) is 5.69 Å². The van der Waals surface area contributed by atoms with Crippen molar-refractivity contribution >= 4 is 17.3 Å². The first-order valence-corrected chi connectivity index (χ1v) is 6.68. The number of carbonyl (C=O) groups is 1. The molecule has 0 aliphatic rings. The van der Waals surface area contributed by atoms with Crippen LogP contribution in [0.3, 0.4) is 0 Å². The van der Waals surface area contributed by atoms with E-state index in [2.05, 4.69) is 19.2 Å². The molecule has 1 rings (SSSR count). The summed E-state index contributed by atoms with van der Waals surface area (Å²) in [5, 5.41) is 23.1. The Morgan fingerprint density at radius 1 is 1.40 bits per heavy atom. The maximum Gasteiger partial charge on any atom is 0.335 e. The minimum Gasteiger partial charge on any atom is -0.478 e. The van der Waals surface area contributed by atoms with Gasteiger partial charge in [-0.1, -0.05) is 26.7 Å². The normalized spacial score (nSPS) is 12.2. The lowest BCUT2D eigenvalue weighted by molar-refractivity contribution is -0.384. The van der Waals surface area contributed by atoms with Crippen molar-refractivity contribution in [1.82, 2.24) is 0 Å². The summed E-state index contributed by atoms with van der Waals surface area (Å²) in [7, 11) is 0. The molecule has 0 fully saturated rings. The smallest absolute Gasteiger partial charge is 0.335 e. The predicted octanol–water partition coefficient (Wildman–Crippen LogP) is 3.53. The molecule has 0 saturated heterocycles. The van der Waals surface area contributed by atoms with E-state index in [1.54, 1.807) is 0 Å². The molecule has 6 heteroatoms. The summed E-state index contributed by atoms with van der Waals surface area (Å²) >= 11 is 0. The topological polar surface area (TPSA) is 92.5 Å². The number of rotatable bonds is 7. The lowest BCUT2D eigenvalue weighted by Crippen LogP contribution is -2.25. The highest BCUT2D eigenvalue weighted by Gasteiger charge is 2.20. The van der Waals surface area contributed by atoms with Crippen LogP contribution in [0.25, 0.3) is 0 Å². The van der Waals surface area contributed by atoms with Crippen LogP contribution in [0.2, 0.25) is 0 Å². The molecule has 1 aromatic carbocycles. The lowest BCUT2D eigenvalue weighted by atomic mass is 9.95. The molecule has 0 spiro atoms. The second-order valence-corrected chi connectivity index (χ2v) is 4.80. The van der Waals surface area contributed by atoms with E-state index in [-0.39, 0.29) is 17.3 Å². The summed E-state index contributed by atoms with van der Waals surface area (Å²) in [4.78, 5) is 21.4. The first-order chi connectivity index (χ1) is 9.40. The van der Waals surface area contributed by atoms with Crippen LogP contribution in [0.4, 0.5) is 11.4 Å². The van der Waals surface area contributed by atoms with E-state index in [9.17, 15) is 14.9 Å². The van der Waals surface area contributed by atoms with Gasteiger partial charge in [0.15, 0.2) is 0 Å². The van der Waals surface area contributed by atoms with Crippen molar-refractivity contribution in [3.63, 3.8) is 0 Å². The average molecular weight is 280 g/mol. The summed E-state index contributed by atoms with van der Waals surface area (Å²) in [6, 6.07) is 4.00. The van der Waals surface area contributed by atoms with Crippen LogP contribution in [0.1, 0.15) is 44.0 Å². The quantitative estimate of drug-likeness (QED) is 0.588. The zero-order valence-electron chi connectivity index (χ0n) is 11.9. The van der Waals surface area contributed by atoms with E-state index < -0.39 is 10.9 Å². The number of anilines is 1. The molecule has 0 saturated carbocycles. The van der Waals surface area contributed by atoms with Gasteiger partial charge in [-0.3, -0.25) is 10.1 Å². The molecule has 20 heavy (non-hydrogen) atoms. The molecule has 0 heterocycles. The van der Waals surface area contributed by atoms with Crippen LogP contribution in [-0.2, 0) is 0 Å². The second kappa shape index (κ2) is 6.88. The van der Waals surface area contributed by atoms with E-state index in [1.165, 1.54) is 12.1 Å². The second-order valence-electron chi connectivity index (χ2n) is 4.80. The van der Waals surface area contributed by atoms with Gasteiger partial charge in [-0.2, -0.15) is 0 Å². The Hall–Kier alpha value is -2.11. The number of carboxylic acids is 1. The SMILES string of the molecule is CCC(CC)C(C)Nc1ccc(C(=O)O)cc1[N+](=O)[O-]. The molecule has 0 aromatic heterocycles. The largest absolute Gasteiger partial charge is 0.478 e. The fourth-order valence-electron chi connectivity index (χ4n) is 2.30. The van der Waals surface area contributed by atoms with Gasteiger partial charge in [0, 0.05) is 12.1 Å². The number of nitro groups is 1. The summed E-state index contributed by atoms with van der Waals surface area (Å²) in [6.07, 6.45) is 1.96. The molecule has 6 nitrogen and oxygen atoms in total. The van der Waals surface area contributed by atoms with Gasteiger partial charge in [0.25, 0.3) is 5.69 Å². The third-order valence-corrected chi connectivity index (χ3v) is 3.58. The van der Waals surface area contributed by atoms with Crippen molar-refractivity contribution in [2.24, 2.45) is 5.92 Å². The van der Waals surface area contributed by atoms with E-state index in [4.69, 9.17) is 5.11 Å². The Bertz CT molecular complexity index is 498. The molecular weight excluding hydrogens is 260 g/mol. The average Bonchev–Trinajstić information content (AvgIpc) is 2.39. The highest BCUT2D eigenvalue weighted by Crippen LogP contribution is 2.28. The summed E-state index contributed by atoms with van der Waals surface area (Å²) in [5.74, 6) is -0.763. The molecule has 0 aliphatic carbocycles. The van der Waals surface area contributed by atoms with Gasteiger partial charge in [0.2, 0.25) is 0 Å². The van der Waals surface area contributed by atoms with Crippen molar-refractivity contribution in [1.29, 1.82) is 0 Å².